The van der Waals surface area contributed by atoms with Gasteiger partial charge in [0.25, 0.3) is 0 Å². The molecule has 0 N–H and O–H groups in total. The Hall–Kier alpha value is -2.38. The minimum Gasteiger partial charge on any atom is -0.235 e. The normalized spacial score (nSPS) is 11.6. The Morgan fingerprint density at radius 1 is 1.12 bits per heavy atom. The number of rotatable bonds is 4. The van der Waals surface area contributed by atoms with Crippen molar-refractivity contribution in [3.63, 3.8) is 0 Å². The van der Waals surface area contributed by atoms with Crippen molar-refractivity contribution in [3.05, 3.63) is 86.7 Å². The van der Waals surface area contributed by atoms with Crippen LogP contribution in [-0.4, -0.2) is 4.98 Å². The van der Waals surface area contributed by atoms with Gasteiger partial charge in [-0.25, -0.2) is 4.98 Å². The first-order valence-corrected chi connectivity index (χ1v) is 9.06. The molecular formula is C20H12Cl2N2S. The van der Waals surface area contributed by atoms with Crippen molar-refractivity contribution in [1.82, 2.24) is 4.98 Å². The highest BCUT2D eigenvalue weighted by atomic mass is 35.5. The van der Waals surface area contributed by atoms with Crippen molar-refractivity contribution in [2.45, 2.75) is 0 Å². The van der Waals surface area contributed by atoms with Gasteiger partial charge in [-0.2, -0.15) is 5.26 Å². The number of thiazole rings is 1. The van der Waals surface area contributed by atoms with Gasteiger partial charge in [0.05, 0.1) is 16.3 Å². The summed E-state index contributed by atoms with van der Waals surface area (Å²) in [7, 11) is 0. The Morgan fingerprint density at radius 2 is 1.92 bits per heavy atom. The molecule has 0 bridgehead atoms. The lowest BCUT2D eigenvalue weighted by Crippen LogP contribution is -1.83. The molecule has 0 amide bonds. The molecule has 2 nitrogen and oxygen atoms in total. The Bertz CT molecular complexity index is 982. The summed E-state index contributed by atoms with van der Waals surface area (Å²) in [5, 5.41) is 13.1. The first kappa shape index (κ1) is 17.4. The van der Waals surface area contributed by atoms with Crippen LogP contribution in [0.2, 0.25) is 10.0 Å². The smallest absolute Gasteiger partial charge is 0.134 e. The second kappa shape index (κ2) is 8.13. The zero-order chi connectivity index (χ0) is 17.6. The maximum atomic E-state index is 9.42. The van der Waals surface area contributed by atoms with E-state index in [0.717, 1.165) is 16.8 Å². The Labute approximate surface area is 160 Å². The number of nitriles is 1. The lowest BCUT2D eigenvalue weighted by molar-refractivity contribution is 1.37. The van der Waals surface area contributed by atoms with Gasteiger partial charge in [0, 0.05) is 16.0 Å². The second-order valence-corrected chi connectivity index (χ2v) is 6.83. The molecule has 0 aliphatic carbocycles. The van der Waals surface area contributed by atoms with Gasteiger partial charge in [0.2, 0.25) is 0 Å². The van der Waals surface area contributed by atoms with Gasteiger partial charge in [-0.1, -0.05) is 65.7 Å². The lowest BCUT2D eigenvalue weighted by Gasteiger charge is -2.00. The summed E-state index contributed by atoms with van der Waals surface area (Å²) >= 11 is 13.6. The van der Waals surface area contributed by atoms with Gasteiger partial charge < -0.3 is 0 Å². The van der Waals surface area contributed by atoms with Crippen LogP contribution < -0.4 is 0 Å². The highest BCUT2D eigenvalue weighted by Crippen LogP contribution is 2.32. The molecule has 25 heavy (non-hydrogen) atoms. The molecule has 0 radical (unpaired) electrons. The Balaban J connectivity index is 1.85. The van der Waals surface area contributed by atoms with Gasteiger partial charge in [0.1, 0.15) is 11.1 Å². The minimum absolute atomic E-state index is 0.508. The second-order valence-electron chi connectivity index (χ2n) is 5.12. The van der Waals surface area contributed by atoms with Crippen molar-refractivity contribution in [1.29, 1.82) is 5.26 Å². The van der Waals surface area contributed by atoms with Gasteiger partial charge in [-0.3, -0.25) is 0 Å². The average molecular weight is 383 g/mol. The van der Waals surface area contributed by atoms with Crippen LogP contribution in [0.25, 0.3) is 22.9 Å². The van der Waals surface area contributed by atoms with Crippen LogP contribution in [0.1, 0.15) is 10.6 Å². The molecule has 1 aromatic heterocycles. The lowest BCUT2D eigenvalue weighted by atomic mass is 10.2. The molecule has 0 fully saturated rings. The molecule has 0 saturated heterocycles. The van der Waals surface area contributed by atoms with Crippen LogP contribution >= 0.6 is 34.5 Å². The highest BCUT2D eigenvalue weighted by Gasteiger charge is 2.11. The number of allylic oxidation sites excluding steroid dienone is 3. The van der Waals surface area contributed by atoms with E-state index in [9.17, 15) is 5.26 Å². The fourth-order valence-electron chi connectivity index (χ4n) is 2.19. The van der Waals surface area contributed by atoms with Crippen LogP contribution in [0.4, 0.5) is 0 Å². The zero-order valence-electron chi connectivity index (χ0n) is 13.0. The van der Waals surface area contributed by atoms with E-state index in [2.05, 4.69) is 11.1 Å². The molecule has 3 rings (SSSR count). The van der Waals surface area contributed by atoms with E-state index in [0.29, 0.717) is 20.6 Å². The molecule has 3 aromatic rings. The number of halogens is 2. The van der Waals surface area contributed by atoms with Gasteiger partial charge in [0.15, 0.2) is 0 Å². The Kier molecular flexibility index (Phi) is 5.67. The minimum atomic E-state index is 0.508. The first-order chi connectivity index (χ1) is 12.2. The first-order valence-electron chi connectivity index (χ1n) is 7.42. The molecule has 0 aliphatic rings. The summed E-state index contributed by atoms with van der Waals surface area (Å²) < 4.78 is 0. The van der Waals surface area contributed by atoms with Crippen LogP contribution in [0.3, 0.4) is 0 Å². The van der Waals surface area contributed by atoms with Crippen LogP contribution in [0.15, 0.2) is 66.1 Å². The fraction of sp³-hybridized carbons (Fsp3) is 0. The number of benzene rings is 2. The number of hydrogen-bond donors (Lipinski definition) is 0. The quantitative estimate of drug-likeness (QED) is 0.370. The van der Waals surface area contributed by atoms with Crippen molar-refractivity contribution >= 4 is 46.2 Å². The standard InChI is InChI=1S/C20H12Cl2N2S/c21-16-9-10-17(18(22)11-16)19-13-25-20(24-19)15(12-23)8-4-7-14-5-2-1-3-6-14/h1-11,13H/b7-4+,15-8+. The monoisotopic (exact) mass is 382 g/mol. The van der Waals surface area contributed by atoms with E-state index in [1.165, 1.54) is 11.3 Å². The maximum Gasteiger partial charge on any atom is 0.134 e. The summed E-state index contributed by atoms with van der Waals surface area (Å²) in [6.45, 7) is 0. The summed E-state index contributed by atoms with van der Waals surface area (Å²) in [5.74, 6) is 0. The molecule has 0 spiro atoms. The predicted molar refractivity (Wildman–Crippen MR) is 107 cm³/mol. The number of hydrogen-bond acceptors (Lipinski definition) is 3. The number of nitrogens with zero attached hydrogens (tertiary/aromatic N) is 2. The summed E-state index contributed by atoms with van der Waals surface area (Å²) in [6.07, 6.45) is 5.56. The molecule has 122 valence electrons. The third-order valence-corrected chi connectivity index (χ3v) is 4.84. The SMILES string of the molecule is N#C/C(=C\C=C\c1ccccc1)c1nc(-c2ccc(Cl)cc2Cl)cs1. The van der Waals surface area contributed by atoms with Gasteiger partial charge in [-0.05, 0) is 29.8 Å². The molecular weight excluding hydrogens is 371 g/mol. The van der Waals surface area contributed by atoms with E-state index in [1.54, 1.807) is 18.2 Å². The van der Waals surface area contributed by atoms with Crippen LogP contribution in [0, 0.1) is 11.3 Å². The molecule has 0 atom stereocenters. The topological polar surface area (TPSA) is 36.7 Å². The summed E-state index contributed by atoms with van der Waals surface area (Å²) in [5.41, 5.74) is 3.11. The molecule has 1 heterocycles. The third-order valence-electron chi connectivity index (χ3n) is 3.41. The van der Waals surface area contributed by atoms with Crippen LogP contribution in [-0.2, 0) is 0 Å². The fourth-order valence-corrected chi connectivity index (χ4v) is 3.49. The molecule has 5 heteroatoms. The summed E-state index contributed by atoms with van der Waals surface area (Å²) in [6, 6.07) is 17.4. The van der Waals surface area contributed by atoms with Crippen molar-refractivity contribution in [2.75, 3.05) is 0 Å². The molecule has 0 saturated carbocycles. The molecule has 0 aliphatic heterocycles. The van der Waals surface area contributed by atoms with E-state index in [4.69, 9.17) is 23.2 Å². The summed E-state index contributed by atoms with van der Waals surface area (Å²) in [4.78, 5) is 4.53. The van der Waals surface area contributed by atoms with E-state index >= 15 is 0 Å². The van der Waals surface area contributed by atoms with Gasteiger partial charge >= 0.3 is 0 Å². The largest absolute Gasteiger partial charge is 0.235 e. The molecule has 0 unspecified atom stereocenters. The van der Waals surface area contributed by atoms with E-state index in [1.807, 2.05) is 53.9 Å². The highest BCUT2D eigenvalue weighted by molar-refractivity contribution is 7.11. The maximum absolute atomic E-state index is 9.42. The average Bonchev–Trinajstić information content (AvgIpc) is 3.09. The van der Waals surface area contributed by atoms with Crippen molar-refractivity contribution in [3.8, 4) is 17.3 Å². The van der Waals surface area contributed by atoms with Crippen molar-refractivity contribution < 1.29 is 0 Å². The zero-order valence-corrected chi connectivity index (χ0v) is 15.3. The van der Waals surface area contributed by atoms with Crippen LogP contribution in [0.5, 0.6) is 0 Å². The van der Waals surface area contributed by atoms with E-state index < -0.39 is 0 Å². The Morgan fingerprint density at radius 3 is 2.64 bits per heavy atom. The van der Waals surface area contributed by atoms with E-state index in [-0.39, 0.29) is 0 Å². The molecule has 2 aromatic carbocycles. The van der Waals surface area contributed by atoms with Gasteiger partial charge in [-0.15, -0.1) is 11.3 Å². The predicted octanol–water partition coefficient (Wildman–Crippen LogP) is 6.74. The number of aromatic nitrogens is 1. The third kappa shape index (κ3) is 4.37. The van der Waals surface area contributed by atoms with Crippen molar-refractivity contribution in [2.24, 2.45) is 0 Å².